The van der Waals surface area contributed by atoms with Gasteiger partial charge in [-0.3, -0.25) is 0 Å². The van der Waals surface area contributed by atoms with Crippen LogP contribution in [0.3, 0.4) is 0 Å². The van der Waals surface area contributed by atoms with E-state index in [0.717, 1.165) is 155 Å². The molecule has 3 aromatic carbocycles. The molecular formula is C75H72F3N21O3. The lowest BCUT2D eigenvalue weighted by Crippen LogP contribution is -2.46. The molecular weight excluding hydrogens is 1300 g/mol. The predicted molar refractivity (Wildman–Crippen MR) is 388 cm³/mol. The highest BCUT2D eigenvalue weighted by Gasteiger charge is 2.27. The molecule has 4 N–H and O–H groups in total. The number of hydrogen-bond donors (Lipinski definition) is 4. The summed E-state index contributed by atoms with van der Waals surface area (Å²) in [4.78, 5) is 60.4. The SMILES string of the molecule is [C-]#[N+]c1c(Nc2ccc(N3CCN(C)CC3)cn2)ncnc1Oc1ccc2c(c1F)C=C(C)C2.[C-]#[N+]c1c(Nc2ccc(N3CCN(CC)CC3)cn2)ncnc1Oc1ccc2c(c1F)C=C(C)C2.[C-]#[N+]c1c(Nc2ccc(N3CCNCC3)cn2)ncnc1Oc1ccc2c(c1F)C=C(C)C2. The second-order valence-corrected chi connectivity index (χ2v) is 25.2. The van der Waals surface area contributed by atoms with E-state index in [4.69, 9.17) is 33.9 Å². The minimum absolute atomic E-state index is 0.0135. The molecule has 9 heterocycles. The Labute approximate surface area is 588 Å². The van der Waals surface area contributed by atoms with E-state index in [9.17, 15) is 4.39 Å². The van der Waals surface area contributed by atoms with E-state index in [1.807, 2.05) is 99.8 Å². The number of pyridine rings is 3. The van der Waals surface area contributed by atoms with Crippen molar-refractivity contribution < 1.29 is 27.4 Å². The lowest BCUT2D eigenvalue weighted by molar-refractivity contribution is 0.271. The second-order valence-electron chi connectivity index (χ2n) is 25.2. The summed E-state index contributed by atoms with van der Waals surface area (Å²) >= 11 is 0. The summed E-state index contributed by atoms with van der Waals surface area (Å²) in [6.07, 6.45) is 16.9. The van der Waals surface area contributed by atoms with Crippen LogP contribution in [0.5, 0.6) is 34.9 Å². The number of fused-ring (bicyclic) bond motifs is 3. The van der Waals surface area contributed by atoms with Gasteiger partial charge in [-0.15, -0.1) is 0 Å². The molecule has 3 aliphatic carbocycles. The molecule has 0 unspecified atom stereocenters. The van der Waals surface area contributed by atoms with Crippen LogP contribution in [0, 0.1) is 37.2 Å². The van der Waals surface area contributed by atoms with Gasteiger partial charge < -0.3 is 60.0 Å². The van der Waals surface area contributed by atoms with Gasteiger partial charge >= 0.3 is 0 Å². The largest absolute Gasteiger partial charge is 0.446 e. The first kappa shape index (κ1) is 68.4. The van der Waals surface area contributed by atoms with Gasteiger partial charge in [-0.05, 0) is 125 Å². The number of ether oxygens (including phenoxy) is 3. The fraction of sp³-hybridized carbons (Fsp3) is 0.280. The first-order valence-electron chi connectivity index (χ1n) is 33.4. The number of likely N-dealkylation sites (N-methyl/N-ethyl adjacent to an activating group) is 2. The Kier molecular flexibility index (Phi) is 20.8. The van der Waals surface area contributed by atoms with Gasteiger partial charge in [0.2, 0.25) is 17.6 Å². The summed E-state index contributed by atoms with van der Waals surface area (Å²) in [6, 6.07) is 21.7. The molecule has 9 aromatic rings. The zero-order valence-electron chi connectivity index (χ0n) is 56.9. The lowest BCUT2D eigenvalue weighted by atomic mass is 10.1. The fourth-order valence-electron chi connectivity index (χ4n) is 12.6. The number of nitrogens with one attached hydrogen (secondary N) is 4. The lowest BCUT2D eigenvalue weighted by Gasteiger charge is -2.35. The Morgan fingerprint density at radius 1 is 0.431 bits per heavy atom. The number of piperazine rings is 3. The average molecular weight is 1370 g/mol. The van der Waals surface area contributed by atoms with Gasteiger partial charge in [-0.2, -0.15) is 0 Å². The number of rotatable bonds is 16. The highest BCUT2D eigenvalue weighted by atomic mass is 19.1. The van der Waals surface area contributed by atoms with E-state index in [0.29, 0.717) is 34.1 Å². The topological polar surface area (TPSA) is 221 Å². The van der Waals surface area contributed by atoms with E-state index in [-0.39, 0.29) is 69.4 Å². The van der Waals surface area contributed by atoms with E-state index >= 15 is 8.78 Å². The zero-order valence-corrected chi connectivity index (χ0v) is 56.9. The maximum absolute atomic E-state index is 15.0. The molecule has 516 valence electrons. The monoisotopic (exact) mass is 1370 g/mol. The first-order chi connectivity index (χ1) is 49.7. The van der Waals surface area contributed by atoms with Crippen molar-refractivity contribution >= 4 is 87.3 Å². The molecule has 0 amide bonds. The summed E-state index contributed by atoms with van der Waals surface area (Å²) < 4.78 is 62.2. The van der Waals surface area contributed by atoms with Crippen LogP contribution >= 0.6 is 0 Å². The van der Waals surface area contributed by atoms with Crippen LogP contribution in [0.4, 0.5) is 82.2 Å². The third-order valence-corrected chi connectivity index (χ3v) is 18.1. The van der Waals surface area contributed by atoms with Crippen molar-refractivity contribution in [1.29, 1.82) is 0 Å². The number of anilines is 9. The maximum atomic E-state index is 15.0. The number of nitrogens with zero attached hydrogens (tertiary/aromatic N) is 17. The third-order valence-electron chi connectivity index (χ3n) is 18.1. The summed E-state index contributed by atoms with van der Waals surface area (Å²) in [7, 11) is 2.12. The number of benzene rings is 3. The number of aromatic nitrogens is 9. The molecule has 102 heavy (non-hydrogen) atoms. The van der Waals surface area contributed by atoms with Crippen molar-refractivity contribution in [2.45, 2.75) is 47.0 Å². The van der Waals surface area contributed by atoms with Crippen molar-refractivity contribution in [2.24, 2.45) is 0 Å². The van der Waals surface area contributed by atoms with E-state index in [2.05, 4.69) is 119 Å². The molecule has 15 rings (SSSR count). The highest BCUT2D eigenvalue weighted by Crippen LogP contribution is 2.43. The number of hydrogen-bond acceptors (Lipinski definition) is 21. The Morgan fingerprint density at radius 3 is 1.08 bits per heavy atom. The van der Waals surface area contributed by atoms with Crippen LogP contribution in [0.25, 0.3) is 32.8 Å². The van der Waals surface area contributed by atoms with Gasteiger partial charge in [0.1, 0.15) is 53.9 Å². The zero-order chi connectivity index (χ0) is 70.8. The van der Waals surface area contributed by atoms with Crippen LogP contribution < -0.4 is 50.2 Å². The molecule has 0 bridgehead atoms. The Morgan fingerprint density at radius 2 is 0.765 bits per heavy atom. The van der Waals surface area contributed by atoms with Gasteiger partial charge in [-0.1, -0.05) is 60.1 Å². The van der Waals surface area contributed by atoms with E-state index in [1.54, 1.807) is 30.6 Å². The van der Waals surface area contributed by atoms with Gasteiger partial charge in [0.15, 0.2) is 34.7 Å². The maximum Gasteiger partial charge on any atom is 0.288 e. The van der Waals surface area contributed by atoms with Gasteiger partial charge in [0.05, 0.1) is 55.4 Å². The van der Waals surface area contributed by atoms with Crippen molar-refractivity contribution in [3.05, 3.63) is 212 Å². The van der Waals surface area contributed by atoms with Crippen LogP contribution in [-0.4, -0.2) is 147 Å². The summed E-state index contributed by atoms with van der Waals surface area (Å²) in [5.74, 6) is 1.00. The van der Waals surface area contributed by atoms with Crippen molar-refractivity contribution in [3.63, 3.8) is 0 Å². The van der Waals surface area contributed by atoms with E-state index < -0.39 is 17.5 Å². The normalized spacial score (nSPS) is 15.3. The molecule has 6 aromatic heterocycles. The highest BCUT2D eigenvalue weighted by molar-refractivity contribution is 5.78. The first-order valence-corrected chi connectivity index (χ1v) is 33.4. The summed E-state index contributed by atoms with van der Waals surface area (Å²) in [5, 5.41) is 12.5. The van der Waals surface area contributed by atoms with Crippen molar-refractivity contribution in [3.8, 4) is 34.9 Å². The summed E-state index contributed by atoms with van der Waals surface area (Å²) in [5.41, 5.74) is 10.9. The average Bonchev–Trinajstić information content (AvgIpc) is 1.54. The molecule has 0 atom stereocenters. The predicted octanol–water partition coefficient (Wildman–Crippen LogP) is 14.5. The smallest absolute Gasteiger partial charge is 0.288 e. The minimum Gasteiger partial charge on any atom is -0.446 e. The van der Waals surface area contributed by atoms with Gasteiger partial charge in [0, 0.05) is 95.2 Å². The molecule has 3 aliphatic heterocycles. The molecule has 0 radical (unpaired) electrons. The Hall–Kier alpha value is -12.1. The molecule has 0 saturated carbocycles. The Balaban J connectivity index is 0.000000137. The summed E-state index contributed by atoms with van der Waals surface area (Å²) in [6.45, 7) is 43.7. The molecule has 3 saturated heterocycles. The molecule has 27 heteroatoms. The van der Waals surface area contributed by atoms with Crippen molar-refractivity contribution in [1.82, 2.24) is 60.0 Å². The van der Waals surface area contributed by atoms with Crippen molar-refractivity contribution in [2.75, 3.05) is 123 Å². The molecule has 3 fully saturated rings. The standard InChI is InChI=1S/C26H26FN7O.C25H24FN7O.C24H22FN7O/c1-4-33-9-11-34(12-10-33)19-6-8-22(29-15-19)32-25-24(28-3)26(31-16-30-25)35-21-7-5-18-13-17(2)14-20(18)23(21)27;1-16-12-17-4-6-20(22(26)19(17)13-16)34-25-23(27-2)24(29-15-30-25)31-21-7-5-18(14-28-21)33-10-8-32(3)9-11-33;1-15-11-16-3-5-19(21(25)18(16)12-15)33-24-22(26-2)23(29-14-30-24)31-20-6-4-17(13-28-20)32-9-7-27-8-10-32/h5-8,14-16H,4,9-13H2,1-2H3,(H,29,30,31,32);4-7,13-15H,8-12H2,1,3H3,(H,28,29,30,31);3-6,12-14,27H,7-11H2,1H3,(H,28,29,30,31). The molecule has 24 nitrogen and oxygen atoms in total. The van der Waals surface area contributed by atoms with Gasteiger partial charge in [0.25, 0.3) is 17.1 Å². The molecule has 6 aliphatic rings. The second kappa shape index (κ2) is 31.0. The van der Waals surface area contributed by atoms with Crippen LogP contribution in [0.2, 0.25) is 0 Å². The van der Waals surface area contributed by atoms with Crippen LogP contribution in [0.15, 0.2) is 127 Å². The van der Waals surface area contributed by atoms with Crippen LogP contribution in [0.1, 0.15) is 61.1 Å². The molecule has 0 spiro atoms. The number of allylic oxidation sites excluding steroid dienone is 3. The Bertz CT molecular complexity index is 4820. The third kappa shape index (κ3) is 15.5. The number of halogens is 3. The van der Waals surface area contributed by atoms with Crippen LogP contribution in [-0.2, 0) is 19.3 Å². The van der Waals surface area contributed by atoms with E-state index in [1.165, 1.54) is 19.0 Å². The minimum atomic E-state index is -0.460. The quantitative estimate of drug-likeness (QED) is 0.0661. The fourth-order valence-corrected chi connectivity index (χ4v) is 12.6. The van der Waals surface area contributed by atoms with Gasteiger partial charge in [-0.25, -0.2) is 72.6 Å².